The van der Waals surface area contributed by atoms with Crippen molar-refractivity contribution in [3.05, 3.63) is 12.7 Å². The summed E-state index contributed by atoms with van der Waals surface area (Å²) in [6.07, 6.45) is 1.00. The Bertz CT molecular complexity index is 278. The second-order valence-electron chi connectivity index (χ2n) is 3.43. The van der Waals surface area contributed by atoms with E-state index in [1.165, 1.54) is 6.08 Å². The van der Waals surface area contributed by atoms with Crippen molar-refractivity contribution in [3.63, 3.8) is 0 Å². The van der Waals surface area contributed by atoms with Gasteiger partial charge < -0.3 is 19.9 Å². The van der Waals surface area contributed by atoms with E-state index >= 15 is 0 Å². The van der Waals surface area contributed by atoms with Crippen LogP contribution in [0.15, 0.2) is 12.7 Å². The van der Waals surface area contributed by atoms with E-state index < -0.39 is 18.2 Å². The Labute approximate surface area is 93.2 Å². The van der Waals surface area contributed by atoms with Gasteiger partial charge in [-0.1, -0.05) is 12.7 Å². The Kier molecular flexibility index (Phi) is 4.78. The van der Waals surface area contributed by atoms with Gasteiger partial charge in [0.05, 0.1) is 6.10 Å². The fourth-order valence-electron chi connectivity index (χ4n) is 1.42. The minimum atomic E-state index is -0.961. The topological polar surface area (TPSA) is 84.9 Å². The number of alkyl carbamates (subject to hydrolysis) is 1. The second-order valence-corrected chi connectivity index (χ2v) is 3.43. The quantitative estimate of drug-likeness (QED) is 0.672. The molecule has 0 unspecified atom stereocenters. The molecule has 1 rings (SSSR count). The highest BCUT2D eigenvalue weighted by molar-refractivity contribution is 5.72. The number of hydrogen-bond donors (Lipinski definition) is 2. The first-order valence-electron chi connectivity index (χ1n) is 5.03. The molecule has 0 aromatic heterocycles. The number of carbonyl (C=O) groups is 2. The maximum Gasteiger partial charge on any atom is 0.407 e. The lowest BCUT2D eigenvalue weighted by Gasteiger charge is -2.11. The standard InChI is InChI=1S/C10H15NO5/c1-2-5-15-10(14)11-6-7-3-4-8(16-7)9(12)13/h2,7-8H,1,3-6H2,(H,11,14)(H,12,13)/t7-,8+/m0/s1. The third-order valence-electron chi connectivity index (χ3n) is 2.19. The van der Waals surface area contributed by atoms with E-state index in [2.05, 4.69) is 16.6 Å². The molecule has 0 bridgehead atoms. The Balaban J connectivity index is 2.17. The summed E-state index contributed by atoms with van der Waals surface area (Å²) in [5.41, 5.74) is 0. The zero-order valence-electron chi connectivity index (χ0n) is 8.85. The number of ether oxygens (including phenoxy) is 2. The molecule has 1 amide bonds. The number of carboxylic acid groups (broad SMARTS) is 1. The highest BCUT2D eigenvalue weighted by atomic mass is 16.6. The molecular formula is C10H15NO5. The van der Waals surface area contributed by atoms with Gasteiger partial charge >= 0.3 is 12.1 Å². The maximum absolute atomic E-state index is 11.0. The van der Waals surface area contributed by atoms with Crippen LogP contribution in [0.1, 0.15) is 12.8 Å². The molecule has 1 aliphatic rings. The first-order valence-corrected chi connectivity index (χ1v) is 5.03. The zero-order chi connectivity index (χ0) is 12.0. The normalized spacial score (nSPS) is 23.8. The van der Waals surface area contributed by atoms with E-state index in [1.54, 1.807) is 0 Å². The number of aliphatic carboxylic acids is 1. The molecule has 0 aromatic carbocycles. The number of rotatable bonds is 5. The average Bonchev–Trinajstić information content (AvgIpc) is 2.72. The molecule has 16 heavy (non-hydrogen) atoms. The van der Waals surface area contributed by atoms with Gasteiger partial charge in [0.1, 0.15) is 6.61 Å². The van der Waals surface area contributed by atoms with Crippen molar-refractivity contribution in [2.75, 3.05) is 13.2 Å². The van der Waals surface area contributed by atoms with Crippen LogP contribution in [0.2, 0.25) is 0 Å². The second kappa shape index (κ2) is 6.12. The predicted molar refractivity (Wildman–Crippen MR) is 55.1 cm³/mol. The first-order chi connectivity index (χ1) is 7.63. The molecule has 6 nitrogen and oxygen atoms in total. The molecule has 0 radical (unpaired) electrons. The largest absolute Gasteiger partial charge is 0.479 e. The molecule has 6 heteroatoms. The summed E-state index contributed by atoms with van der Waals surface area (Å²) < 4.78 is 9.87. The van der Waals surface area contributed by atoms with Crippen LogP contribution < -0.4 is 5.32 Å². The Hall–Kier alpha value is -1.56. The van der Waals surface area contributed by atoms with Crippen molar-refractivity contribution >= 4 is 12.1 Å². The first kappa shape index (κ1) is 12.5. The Morgan fingerprint density at radius 2 is 2.31 bits per heavy atom. The molecule has 0 spiro atoms. The van der Waals surface area contributed by atoms with E-state index in [0.29, 0.717) is 12.8 Å². The van der Waals surface area contributed by atoms with Gasteiger partial charge in [0.2, 0.25) is 0 Å². The van der Waals surface area contributed by atoms with Crippen molar-refractivity contribution in [3.8, 4) is 0 Å². The molecule has 0 aliphatic carbocycles. The summed E-state index contributed by atoms with van der Waals surface area (Å²) in [7, 11) is 0. The summed E-state index contributed by atoms with van der Waals surface area (Å²) in [6, 6.07) is 0. The summed E-state index contributed by atoms with van der Waals surface area (Å²) in [5.74, 6) is -0.961. The number of carboxylic acids is 1. The van der Waals surface area contributed by atoms with Gasteiger partial charge in [0.15, 0.2) is 6.10 Å². The van der Waals surface area contributed by atoms with Gasteiger partial charge in [-0.25, -0.2) is 9.59 Å². The van der Waals surface area contributed by atoms with Crippen LogP contribution in [-0.2, 0) is 14.3 Å². The van der Waals surface area contributed by atoms with Crippen molar-refractivity contribution in [1.29, 1.82) is 0 Å². The van der Waals surface area contributed by atoms with Gasteiger partial charge in [-0.2, -0.15) is 0 Å². The van der Waals surface area contributed by atoms with Crippen molar-refractivity contribution in [1.82, 2.24) is 5.32 Å². The van der Waals surface area contributed by atoms with E-state index in [0.717, 1.165) is 0 Å². The third-order valence-corrected chi connectivity index (χ3v) is 2.19. The highest BCUT2D eigenvalue weighted by Gasteiger charge is 2.30. The van der Waals surface area contributed by atoms with Crippen LogP contribution in [-0.4, -0.2) is 42.5 Å². The van der Waals surface area contributed by atoms with E-state index in [-0.39, 0.29) is 19.3 Å². The monoisotopic (exact) mass is 229 g/mol. The SMILES string of the molecule is C=CCOC(=O)NC[C@@H]1CC[C@H](C(=O)O)O1. The van der Waals surface area contributed by atoms with Crippen LogP contribution in [0.25, 0.3) is 0 Å². The molecule has 1 fully saturated rings. The fourth-order valence-corrected chi connectivity index (χ4v) is 1.42. The van der Waals surface area contributed by atoms with Gasteiger partial charge in [0.25, 0.3) is 0 Å². The molecule has 1 saturated heterocycles. The number of nitrogens with one attached hydrogen (secondary N) is 1. The molecule has 2 atom stereocenters. The van der Waals surface area contributed by atoms with E-state index in [9.17, 15) is 9.59 Å². The van der Waals surface area contributed by atoms with E-state index in [4.69, 9.17) is 9.84 Å². The maximum atomic E-state index is 11.0. The van der Waals surface area contributed by atoms with Crippen LogP contribution in [0.3, 0.4) is 0 Å². The Morgan fingerprint density at radius 1 is 1.56 bits per heavy atom. The van der Waals surface area contributed by atoms with E-state index in [1.807, 2.05) is 0 Å². The lowest BCUT2D eigenvalue weighted by atomic mass is 10.2. The summed E-state index contributed by atoms with van der Waals surface area (Å²) in [4.78, 5) is 21.6. The summed E-state index contributed by atoms with van der Waals surface area (Å²) in [5, 5.41) is 11.2. The van der Waals surface area contributed by atoms with Crippen LogP contribution >= 0.6 is 0 Å². The molecule has 0 aromatic rings. The summed E-state index contributed by atoms with van der Waals surface area (Å²) >= 11 is 0. The lowest BCUT2D eigenvalue weighted by molar-refractivity contribution is -0.149. The predicted octanol–water partition coefficient (Wildman–Crippen LogP) is 0.531. The van der Waals surface area contributed by atoms with Crippen LogP contribution in [0, 0.1) is 0 Å². The number of hydrogen-bond acceptors (Lipinski definition) is 4. The van der Waals surface area contributed by atoms with Gasteiger partial charge in [-0.3, -0.25) is 0 Å². The van der Waals surface area contributed by atoms with Crippen molar-refractivity contribution in [2.45, 2.75) is 25.0 Å². The Morgan fingerprint density at radius 3 is 2.88 bits per heavy atom. The molecule has 1 heterocycles. The summed E-state index contributed by atoms with van der Waals surface area (Å²) in [6.45, 7) is 3.82. The van der Waals surface area contributed by atoms with Gasteiger partial charge in [-0.05, 0) is 12.8 Å². The highest BCUT2D eigenvalue weighted by Crippen LogP contribution is 2.19. The smallest absolute Gasteiger partial charge is 0.407 e. The average molecular weight is 229 g/mol. The van der Waals surface area contributed by atoms with Gasteiger partial charge in [0, 0.05) is 6.54 Å². The van der Waals surface area contributed by atoms with Crippen molar-refractivity contribution in [2.24, 2.45) is 0 Å². The molecule has 2 N–H and O–H groups in total. The molecular weight excluding hydrogens is 214 g/mol. The minimum Gasteiger partial charge on any atom is -0.479 e. The molecule has 0 saturated carbocycles. The van der Waals surface area contributed by atoms with Crippen LogP contribution in [0.5, 0.6) is 0 Å². The van der Waals surface area contributed by atoms with Crippen LogP contribution in [0.4, 0.5) is 4.79 Å². The number of carbonyl (C=O) groups excluding carboxylic acids is 1. The minimum absolute atomic E-state index is 0.148. The molecule has 90 valence electrons. The zero-order valence-corrected chi connectivity index (χ0v) is 8.85. The lowest BCUT2D eigenvalue weighted by Crippen LogP contribution is -2.33. The number of amides is 1. The van der Waals surface area contributed by atoms with Crippen molar-refractivity contribution < 1.29 is 24.2 Å². The third kappa shape index (κ3) is 3.90. The fraction of sp³-hybridized carbons (Fsp3) is 0.600. The van der Waals surface area contributed by atoms with Gasteiger partial charge in [-0.15, -0.1) is 0 Å². The molecule has 1 aliphatic heterocycles.